The second-order valence-corrected chi connectivity index (χ2v) is 8.02. The van der Waals surface area contributed by atoms with E-state index >= 15 is 0 Å². The van der Waals surface area contributed by atoms with E-state index in [1.165, 1.54) is 6.08 Å². The number of halogens is 4. The van der Waals surface area contributed by atoms with E-state index in [-0.39, 0.29) is 15.6 Å². The zero-order chi connectivity index (χ0) is 21.5. The Hall–Kier alpha value is -1.07. The minimum absolute atomic E-state index is 0.173. The number of hydrogen-bond donors (Lipinski definition) is 0. The molecule has 29 heavy (non-hydrogen) atoms. The van der Waals surface area contributed by atoms with Crippen molar-refractivity contribution < 1.29 is 14.3 Å². The summed E-state index contributed by atoms with van der Waals surface area (Å²) in [6.45, 7) is 5.43. The number of unbranched alkanes of at least 4 members (excludes halogenated alkanes) is 2. The van der Waals surface area contributed by atoms with Crippen LogP contribution in [0.15, 0.2) is 38.4 Å². The minimum atomic E-state index is 0.173. The number of oxime groups is 1. The van der Waals surface area contributed by atoms with Crippen LogP contribution in [0, 0.1) is 0 Å². The lowest BCUT2D eigenvalue weighted by molar-refractivity contribution is 0.175. The molecule has 0 spiro atoms. The molecule has 4 nitrogen and oxygen atoms in total. The van der Waals surface area contributed by atoms with Gasteiger partial charge in [0.2, 0.25) is 0 Å². The summed E-state index contributed by atoms with van der Waals surface area (Å²) in [6.07, 6.45) is 9.28. The van der Waals surface area contributed by atoms with E-state index in [0.717, 1.165) is 54.7 Å². The van der Waals surface area contributed by atoms with Crippen LogP contribution in [0.5, 0.6) is 11.5 Å². The first-order valence-corrected chi connectivity index (χ1v) is 11.1. The lowest BCUT2D eigenvalue weighted by atomic mass is 10.0. The topological polar surface area (TPSA) is 40.0 Å². The largest absolute Gasteiger partial charge is 0.493 e. The molecule has 0 N–H and O–H groups in total. The summed E-state index contributed by atoms with van der Waals surface area (Å²) in [6, 6.07) is 4.02. The molecule has 1 aromatic rings. The van der Waals surface area contributed by atoms with Crippen molar-refractivity contribution in [2.75, 3.05) is 19.8 Å². The fourth-order valence-corrected chi connectivity index (χ4v) is 2.73. The lowest BCUT2D eigenvalue weighted by Gasteiger charge is -2.17. The fraction of sp³-hybridized carbons (Fsp3) is 0.476. The van der Waals surface area contributed by atoms with Crippen LogP contribution in [0.4, 0.5) is 0 Å². The SMILES string of the molecule is CCc1cc(OCC=C(Cl)Cl)cc(CC)c1OCCCCC=NOCC=C(Cl)Cl. The van der Waals surface area contributed by atoms with Crippen molar-refractivity contribution in [2.45, 2.75) is 46.0 Å². The van der Waals surface area contributed by atoms with Crippen LogP contribution in [0.1, 0.15) is 44.2 Å². The Labute approximate surface area is 193 Å². The molecule has 0 saturated heterocycles. The van der Waals surface area contributed by atoms with Gasteiger partial charge in [-0.15, -0.1) is 0 Å². The Balaban J connectivity index is 2.49. The van der Waals surface area contributed by atoms with E-state index in [1.54, 1.807) is 12.3 Å². The van der Waals surface area contributed by atoms with Gasteiger partial charge in [0.05, 0.1) is 6.61 Å². The molecule has 0 fully saturated rings. The van der Waals surface area contributed by atoms with E-state index in [0.29, 0.717) is 13.2 Å². The van der Waals surface area contributed by atoms with E-state index in [1.807, 2.05) is 12.1 Å². The smallest absolute Gasteiger partial charge is 0.138 e. The zero-order valence-corrected chi connectivity index (χ0v) is 19.8. The summed E-state index contributed by atoms with van der Waals surface area (Å²) in [5.41, 5.74) is 2.25. The van der Waals surface area contributed by atoms with Gasteiger partial charge >= 0.3 is 0 Å². The predicted octanol–water partition coefficient (Wildman–Crippen LogP) is 7.38. The third kappa shape index (κ3) is 11.6. The van der Waals surface area contributed by atoms with Gasteiger partial charge in [0.15, 0.2) is 0 Å². The third-order valence-electron chi connectivity index (χ3n) is 3.90. The molecule has 0 unspecified atom stereocenters. The molecule has 0 aliphatic rings. The van der Waals surface area contributed by atoms with E-state index < -0.39 is 0 Å². The monoisotopic (exact) mass is 481 g/mol. The molecular weight excluding hydrogens is 456 g/mol. The van der Waals surface area contributed by atoms with Crippen molar-refractivity contribution in [3.63, 3.8) is 0 Å². The second kappa shape index (κ2) is 15.7. The number of rotatable bonds is 14. The molecule has 0 radical (unpaired) electrons. The number of aryl methyl sites for hydroxylation is 2. The first-order chi connectivity index (χ1) is 14.0. The molecule has 0 saturated carbocycles. The quantitative estimate of drug-likeness (QED) is 0.158. The summed E-state index contributed by atoms with van der Waals surface area (Å²) in [5, 5.41) is 3.84. The van der Waals surface area contributed by atoms with Crippen molar-refractivity contribution in [1.29, 1.82) is 0 Å². The van der Waals surface area contributed by atoms with Crippen LogP contribution in [-0.2, 0) is 17.7 Å². The van der Waals surface area contributed by atoms with Crippen LogP contribution in [0.25, 0.3) is 0 Å². The summed E-state index contributed by atoms with van der Waals surface area (Å²) in [4.78, 5) is 5.00. The highest BCUT2D eigenvalue weighted by Gasteiger charge is 2.11. The number of hydrogen-bond acceptors (Lipinski definition) is 4. The molecule has 0 atom stereocenters. The first-order valence-electron chi connectivity index (χ1n) is 9.55. The average molecular weight is 483 g/mol. The van der Waals surface area contributed by atoms with Gasteiger partial charge < -0.3 is 14.3 Å². The number of ether oxygens (including phenoxy) is 2. The highest BCUT2D eigenvalue weighted by molar-refractivity contribution is 6.56. The van der Waals surface area contributed by atoms with Crippen molar-refractivity contribution in [3.05, 3.63) is 44.4 Å². The van der Waals surface area contributed by atoms with E-state index in [2.05, 4.69) is 19.0 Å². The Morgan fingerprint density at radius 1 is 0.897 bits per heavy atom. The van der Waals surface area contributed by atoms with Gasteiger partial charge in [0, 0.05) is 6.21 Å². The highest BCUT2D eigenvalue weighted by atomic mass is 35.5. The molecule has 162 valence electrons. The maximum atomic E-state index is 6.10. The van der Waals surface area contributed by atoms with Gasteiger partial charge in [-0.2, -0.15) is 0 Å². The van der Waals surface area contributed by atoms with Gasteiger partial charge in [-0.1, -0.05) is 65.4 Å². The number of benzene rings is 1. The standard InChI is InChI=1S/C21H27Cl4NO3/c1-3-16-14-18(27-12-8-19(22)23)15-17(4-2)21(16)28-11-7-5-6-10-26-29-13-9-20(24)25/h8-10,14-15H,3-7,11-13H2,1-2H3. The van der Waals surface area contributed by atoms with Gasteiger partial charge in [0.25, 0.3) is 0 Å². The molecule has 0 aliphatic carbocycles. The summed E-state index contributed by atoms with van der Waals surface area (Å²) in [5.74, 6) is 1.74. The molecular formula is C21H27Cl4NO3. The number of nitrogens with zero attached hydrogens (tertiary/aromatic N) is 1. The Bertz CT molecular complexity index is 672. The van der Waals surface area contributed by atoms with Crippen LogP contribution in [0.2, 0.25) is 0 Å². The van der Waals surface area contributed by atoms with Crippen LogP contribution >= 0.6 is 46.4 Å². The summed E-state index contributed by atoms with van der Waals surface area (Å²) in [7, 11) is 0. The maximum Gasteiger partial charge on any atom is 0.138 e. The average Bonchev–Trinajstić information content (AvgIpc) is 2.68. The Morgan fingerprint density at radius 3 is 2.10 bits per heavy atom. The molecule has 1 rings (SSSR count). The van der Waals surface area contributed by atoms with Crippen LogP contribution < -0.4 is 9.47 Å². The maximum absolute atomic E-state index is 6.10. The van der Waals surface area contributed by atoms with Gasteiger partial charge in [-0.05, 0) is 67.5 Å². The molecule has 8 heteroatoms. The molecule has 0 bridgehead atoms. The van der Waals surface area contributed by atoms with E-state index in [4.69, 9.17) is 60.7 Å². The fourth-order valence-electron chi connectivity index (χ4n) is 2.48. The third-order valence-corrected chi connectivity index (χ3v) is 4.52. The molecule has 0 amide bonds. The molecule has 0 aromatic heterocycles. The first kappa shape index (κ1) is 26.0. The minimum Gasteiger partial charge on any atom is -0.493 e. The predicted molar refractivity (Wildman–Crippen MR) is 124 cm³/mol. The molecule has 1 aromatic carbocycles. The Kier molecular flexibility index (Phi) is 14.1. The summed E-state index contributed by atoms with van der Waals surface area (Å²) >= 11 is 22.2. The lowest BCUT2D eigenvalue weighted by Crippen LogP contribution is -2.05. The highest BCUT2D eigenvalue weighted by Crippen LogP contribution is 2.31. The van der Waals surface area contributed by atoms with Gasteiger partial charge in [-0.25, -0.2) is 0 Å². The van der Waals surface area contributed by atoms with Crippen LogP contribution in [-0.4, -0.2) is 26.0 Å². The summed E-state index contributed by atoms with van der Waals surface area (Å²) < 4.78 is 12.2. The van der Waals surface area contributed by atoms with Crippen LogP contribution in [0.3, 0.4) is 0 Å². The van der Waals surface area contributed by atoms with Crippen molar-refractivity contribution in [1.82, 2.24) is 0 Å². The normalized spacial score (nSPS) is 10.7. The van der Waals surface area contributed by atoms with Crippen molar-refractivity contribution >= 4 is 52.6 Å². The second-order valence-electron chi connectivity index (χ2n) is 6.00. The van der Waals surface area contributed by atoms with Gasteiger partial charge in [-0.3, -0.25) is 0 Å². The van der Waals surface area contributed by atoms with Crippen molar-refractivity contribution in [2.24, 2.45) is 5.16 Å². The Morgan fingerprint density at radius 2 is 1.52 bits per heavy atom. The molecule has 0 heterocycles. The molecule has 0 aliphatic heterocycles. The van der Waals surface area contributed by atoms with Crippen molar-refractivity contribution in [3.8, 4) is 11.5 Å². The zero-order valence-electron chi connectivity index (χ0n) is 16.7. The van der Waals surface area contributed by atoms with Gasteiger partial charge in [0.1, 0.15) is 33.7 Å². The van der Waals surface area contributed by atoms with E-state index in [9.17, 15) is 0 Å².